The Balaban J connectivity index is 2.80. The largest absolute Gasteiger partial charge is 0.324 e. The third-order valence-corrected chi connectivity index (χ3v) is 2.49. The predicted molar refractivity (Wildman–Crippen MR) is 57.3 cm³/mol. The molecule has 0 aliphatic rings. The van der Waals surface area contributed by atoms with Gasteiger partial charge in [-0.3, -0.25) is 0 Å². The molecule has 2 N–H and O–H groups in total. The first-order valence-corrected chi connectivity index (χ1v) is 5.31. The Kier molecular flexibility index (Phi) is 4.35. The van der Waals surface area contributed by atoms with Crippen LogP contribution in [0.25, 0.3) is 0 Å². The molecule has 0 amide bonds. The first kappa shape index (κ1) is 13.0. The molecular weight excluding hydrogens is 215 g/mol. The highest BCUT2D eigenvalue weighted by Crippen LogP contribution is 2.22. The third-order valence-electron chi connectivity index (χ3n) is 2.49. The van der Waals surface area contributed by atoms with Crippen LogP contribution < -0.4 is 5.73 Å². The molecule has 1 aromatic rings. The second-order valence-electron chi connectivity index (χ2n) is 4.38. The highest BCUT2D eigenvalue weighted by atomic mass is 19.2. The molecule has 0 spiro atoms. The van der Waals surface area contributed by atoms with Gasteiger partial charge in [0.25, 0.3) is 0 Å². The van der Waals surface area contributed by atoms with Gasteiger partial charge in [-0.05, 0) is 36.5 Å². The number of nitrogens with two attached hydrogens (primary N) is 1. The Morgan fingerprint density at radius 3 is 2.00 bits per heavy atom. The van der Waals surface area contributed by atoms with Crippen molar-refractivity contribution in [3.8, 4) is 0 Å². The van der Waals surface area contributed by atoms with E-state index in [1.54, 1.807) is 0 Å². The van der Waals surface area contributed by atoms with Gasteiger partial charge in [-0.25, -0.2) is 13.2 Å². The predicted octanol–water partition coefficient (Wildman–Crippen LogP) is 3.54. The van der Waals surface area contributed by atoms with E-state index in [2.05, 4.69) is 0 Å². The molecule has 0 heterocycles. The van der Waals surface area contributed by atoms with Gasteiger partial charge in [0.1, 0.15) is 0 Å². The van der Waals surface area contributed by atoms with Gasteiger partial charge < -0.3 is 5.73 Å². The SMILES string of the molecule is CC(C)CC[C@@H](N)c1cc(F)c(F)c(F)c1. The summed E-state index contributed by atoms with van der Waals surface area (Å²) >= 11 is 0. The van der Waals surface area contributed by atoms with Crippen molar-refractivity contribution in [3.05, 3.63) is 35.1 Å². The van der Waals surface area contributed by atoms with E-state index >= 15 is 0 Å². The Hall–Kier alpha value is -1.03. The van der Waals surface area contributed by atoms with Gasteiger partial charge in [0.05, 0.1) is 0 Å². The van der Waals surface area contributed by atoms with Gasteiger partial charge in [-0.15, -0.1) is 0 Å². The van der Waals surface area contributed by atoms with E-state index in [4.69, 9.17) is 5.73 Å². The molecule has 1 atom stereocenters. The van der Waals surface area contributed by atoms with Gasteiger partial charge >= 0.3 is 0 Å². The zero-order valence-electron chi connectivity index (χ0n) is 9.43. The molecule has 1 rings (SSSR count). The van der Waals surface area contributed by atoms with Gasteiger partial charge in [-0.2, -0.15) is 0 Å². The number of benzene rings is 1. The highest BCUT2D eigenvalue weighted by molar-refractivity contribution is 5.22. The molecule has 0 radical (unpaired) electrons. The lowest BCUT2D eigenvalue weighted by atomic mass is 9.98. The van der Waals surface area contributed by atoms with Crippen molar-refractivity contribution in [2.24, 2.45) is 11.7 Å². The molecule has 90 valence electrons. The van der Waals surface area contributed by atoms with Gasteiger partial charge in [0.15, 0.2) is 17.5 Å². The Labute approximate surface area is 93.5 Å². The summed E-state index contributed by atoms with van der Waals surface area (Å²) in [6.07, 6.45) is 1.49. The minimum Gasteiger partial charge on any atom is -0.324 e. The maximum Gasteiger partial charge on any atom is 0.194 e. The molecule has 0 aromatic heterocycles. The molecule has 0 bridgehead atoms. The second kappa shape index (κ2) is 5.34. The summed E-state index contributed by atoms with van der Waals surface area (Å²) in [4.78, 5) is 0. The van der Waals surface area contributed by atoms with E-state index in [9.17, 15) is 13.2 Å². The lowest BCUT2D eigenvalue weighted by Gasteiger charge is -2.14. The maximum atomic E-state index is 12.9. The fraction of sp³-hybridized carbons (Fsp3) is 0.500. The normalized spacial score (nSPS) is 13.2. The minimum atomic E-state index is -1.44. The van der Waals surface area contributed by atoms with Crippen LogP contribution in [0.1, 0.15) is 38.3 Å². The molecule has 0 unspecified atom stereocenters. The number of halogens is 3. The fourth-order valence-corrected chi connectivity index (χ4v) is 1.47. The van der Waals surface area contributed by atoms with E-state index in [0.29, 0.717) is 17.9 Å². The summed E-state index contributed by atoms with van der Waals surface area (Å²) in [5.41, 5.74) is 6.08. The van der Waals surface area contributed by atoms with Gasteiger partial charge in [-0.1, -0.05) is 13.8 Å². The maximum absolute atomic E-state index is 12.9. The van der Waals surface area contributed by atoms with Crippen molar-refractivity contribution in [2.45, 2.75) is 32.7 Å². The molecular formula is C12H16F3N. The van der Waals surface area contributed by atoms with Crippen LogP contribution in [0.4, 0.5) is 13.2 Å². The van der Waals surface area contributed by atoms with Crippen molar-refractivity contribution in [1.82, 2.24) is 0 Å². The first-order chi connectivity index (χ1) is 7.41. The van der Waals surface area contributed by atoms with Crippen LogP contribution >= 0.6 is 0 Å². The van der Waals surface area contributed by atoms with Crippen LogP contribution in [0.5, 0.6) is 0 Å². The van der Waals surface area contributed by atoms with Crippen LogP contribution in [0.15, 0.2) is 12.1 Å². The molecule has 1 aromatic carbocycles. The lowest BCUT2D eigenvalue weighted by Crippen LogP contribution is -2.12. The monoisotopic (exact) mass is 231 g/mol. The standard InChI is InChI=1S/C12H16F3N/c1-7(2)3-4-11(16)8-5-9(13)12(15)10(14)6-8/h5-7,11H,3-4,16H2,1-2H3/t11-/m1/s1. The first-order valence-electron chi connectivity index (χ1n) is 5.31. The summed E-state index contributed by atoms with van der Waals surface area (Å²) in [7, 11) is 0. The molecule has 4 heteroatoms. The zero-order chi connectivity index (χ0) is 12.3. The summed E-state index contributed by atoms with van der Waals surface area (Å²) in [6, 6.07) is 1.47. The van der Waals surface area contributed by atoms with Crippen LogP contribution in [-0.4, -0.2) is 0 Å². The van der Waals surface area contributed by atoms with E-state index in [1.165, 1.54) is 0 Å². The Bertz CT molecular complexity index is 340. The molecule has 1 nitrogen and oxygen atoms in total. The highest BCUT2D eigenvalue weighted by Gasteiger charge is 2.14. The minimum absolute atomic E-state index is 0.303. The van der Waals surface area contributed by atoms with Crippen LogP contribution in [0.3, 0.4) is 0 Å². The van der Waals surface area contributed by atoms with Crippen molar-refractivity contribution in [2.75, 3.05) is 0 Å². The summed E-state index contributed by atoms with van der Waals surface area (Å²) in [6.45, 7) is 4.08. The van der Waals surface area contributed by atoms with Crippen molar-refractivity contribution >= 4 is 0 Å². The van der Waals surface area contributed by atoms with E-state index in [1.807, 2.05) is 13.8 Å². The molecule has 0 aliphatic heterocycles. The Morgan fingerprint density at radius 1 is 1.06 bits per heavy atom. The van der Waals surface area contributed by atoms with Crippen LogP contribution in [-0.2, 0) is 0 Å². The van der Waals surface area contributed by atoms with E-state index in [0.717, 1.165) is 18.6 Å². The third kappa shape index (κ3) is 3.23. The smallest absolute Gasteiger partial charge is 0.194 e. The number of rotatable bonds is 4. The Morgan fingerprint density at radius 2 is 1.56 bits per heavy atom. The molecule has 0 saturated carbocycles. The van der Waals surface area contributed by atoms with Crippen LogP contribution in [0, 0.1) is 23.4 Å². The van der Waals surface area contributed by atoms with Gasteiger partial charge in [0.2, 0.25) is 0 Å². The second-order valence-corrected chi connectivity index (χ2v) is 4.38. The van der Waals surface area contributed by atoms with Gasteiger partial charge in [0, 0.05) is 6.04 Å². The topological polar surface area (TPSA) is 26.0 Å². The quantitative estimate of drug-likeness (QED) is 0.788. The van der Waals surface area contributed by atoms with Crippen molar-refractivity contribution < 1.29 is 13.2 Å². The lowest BCUT2D eigenvalue weighted by molar-refractivity contribution is 0.440. The average Bonchev–Trinajstić information content (AvgIpc) is 2.21. The number of hydrogen-bond acceptors (Lipinski definition) is 1. The average molecular weight is 231 g/mol. The summed E-state index contributed by atoms with van der Waals surface area (Å²) < 4.78 is 38.6. The summed E-state index contributed by atoms with van der Waals surface area (Å²) in [5, 5.41) is 0. The summed E-state index contributed by atoms with van der Waals surface area (Å²) in [5.74, 6) is -3.34. The van der Waals surface area contributed by atoms with E-state index in [-0.39, 0.29) is 0 Å². The molecule has 0 aliphatic carbocycles. The number of hydrogen-bond donors (Lipinski definition) is 1. The fourth-order valence-electron chi connectivity index (χ4n) is 1.47. The zero-order valence-corrected chi connectivity index (χ0v) is 9.43. The molecule has 0 fully saturated rings. The van der Waals surface area contributed by atoms with Crippen molar-refractivity contribution in [1.29, 1.82) is 0 Å². The molecule has 0 saturated heterocycles. The van der Waals surface area contributed by atoms with E-state index < -0.39 is 23.5 Å². The van der Waals surface area contributed by atoms with Crippen molar-refractivity contribution in [3.63, 3.8) is 0 Å². The molecule has 16 heavy (non-hydrogen) atoms. The van der Waals surface area contributed by atoms with Crippen LogP contribution in [0.2, 0.25) is 0 Å².